The highest BCUT2D eigenvalue weighted by Gasteiger charge is 2.31. The van der Waals surface area contributed by atoms with Crippen molar-refractivity contribution in [3.63, 3.8) is 0 Å². The molecule has 0 unspecified atom stereocenters. The van der Waals surface area contributed by atoms with Gasteiger partial charge in [0.25, 0.3) is 5.78 Å². The molecule has 5 rings (SSSR count). The quantitative estimate of drug-likeness (QED) is 0.595. The maximum absolute atomic E-state index is 13.0. The maximum Gasteiger partial charge on any atom is 0.253 e. The fourth-order valence-corrected chi connectivity index (χ4v) is 4.80. The van der Waals surface area contributed by atoms with E-state index < -0.39 is 0 Å². The van der Waals surface area contributed by atoms with Crippen molar-refractivity contribution in [2.24, 2.45) is 0 Å². The van der Waals surface area contributed by atoms with E-state index in [-0.39, 0.29) is 11.9 Å². The first-order valence-electron chi connectivity index (χ1n) is 10.1. The number of hydrogen-bond donors (Lipinski definition) is 0. The minimum absolute atomic E-state index is 0.0644. The van der Waals surface area contributed by atoms with Crippen LogP contribution in [-0.4, -0.2) is 55.9 Å². The fourth-order valence-electron chi connectivity index (χ4n) is 4.10. The first-order chi connectivity index (χ1) is 14.6. The van der Waals surface area contributed by atoms with Gasteiger partial charge in [-0.15, -0.1) is 5.10 Å². The lowest BCUT2D eigenvalue weighted by Crippen LogP contribution is -2.32. The molecule has 0 aliphatic carbocycles. The summed E-state index contributed by atoms with van der Waals surface area (Å²) in [6, 6.07) is 8.02. The molecule has 2 aliphatic rings. The fraction of sp³-hybridized carbons (Fsp3) is 0.429. The monoisotopic (exact) mass is 425 g/mol. The Kier molecular flexibility index (Phi) is 4.98. The Morgan fingerprint density at radius 1 is 1.17 bits per heavy atom. The van der Waals surface area contributed by atoms with E-state index in [2.05, 4.69) is 15.1 Å². The number of benzene rings is 1. The zero-order valence-corrected chi connectivity index (χ0v) is 17.8. The molecule has 0 N–H and O–H groups in total. The standard InChI is InChI=1S/C21H23N5O3S/c1-13-10-14(2)26-20(22-13)23-21(24-26)30-12-19(27)25-7-3-4-16(25)15-5-6-17-18(11-15)29-9-8-28-17/h5-6,10-11,16H,3-4,7-9,12H2,1-2H3/t16-/m1/s1. The Hall–Kier alpha value is -2.81. The number of aryl methyl sites for hydroxylation is 2. The van der Waals surface area contributed by atoms with Crippen molar-refractivity contribution in [1.82, 2.24) is 24.5 Å². The van der Waals surface area contributed by atoms with Gasteiger partial charge in [0.15, 0.2) is 11.5 Å². The second-order valence-corrected chi connectivity index (χ2v) is 8.52. The number of ether oxygens (including phenoxy) is 2. The Balaban J connectivity index is 1.29. The molecule has 0 spiro atoms. The minimum Gasteiger partial charge on any atom is -0.486 e. The van der Waals surface area contributed by atoms with Crippen LogP contribution in [0.1, 0.15) is 35.8 Å². The highest BCUT2D eigenvalue weighted by atomic mass is 32.2. The SMILES string of the molecule is Cc1cc(C)n2nc(SCC(=O)N3CCC[C@@H]3c3ccc4c(c3)OCCO4)nc2n1. The Labute approximate surface area is 178 Å². The lowest BCUT2D eigenvalue weighted by Gasteiger charge is -2.26. The van der Waals surface area contributed by atoms with Crippen molar-refractivity contribution >= 4 is 23.4 Å². The number of amides is 1. The van der Waals surface area contributed by atoms with Gasteiger partial charge in [-0.05, 0) is 50.5 Å². The summed E-state index contributed by atoms with van der Waals surface area (Å²) in [5, 5.41) is 5.05. The molecule has 1 atom stereocenters. The van der Waals surface area contributed by atoms with E-state index >= 15 is 0 Å². The molecule has 1 aromatic carbocycles. The van der Waals surface area contributed by atoms with Crippen LogP contribution in [0.4, 0.5) is 0 Å². The molecule has 2 aromatic heterocycles. The number of aromatic nitrogens is 4. The van der Waals surface area contributed by atoms with E-state index in [1.54, 1.807) is 4.52 Å². The van der Waals surface area contributed by atoms with E-state index in [0.29, 0.717) is 29.9 Å². The van der Waals surface area contributed by atoms with E-state index in [4.69, 9.17) is 9.47 Å². The van der Waals surface area contributed by atoms with Crippen LogP contribution in [0.15, 0.2) is 29.4 Å². The van der Waals surface area contributed by atoms with Gasteiger partial charge >= 0.3 is 0 Å². The highest BCUT2D eigenvalue weighted by molar-refractivity contribution is 7.99. The van der Waals surface area contributed by atoms with Gasteiger partial charge in [-0.1, -0.05) is 17.8 Å². The van der Waals surface area contributed by atoms with Crippen LogP contribution in [0.25, 0.3) is 5.78 Å². The largest absolute Gasteiger partial charge is 0.486 e. The molecule has 2 aliphatic heterocycles. The summed E-state index contributed by atoms with van der Waals surface area (Å²) in [5.74, 6) is 2.50. The summed E-state index contributed by atoms with van der Waals surface area (Å²) in [6.45, 7) is 5.79. The first kappa shape index (κ1) is 19.2. The van der Waals surface area contributed by atoms with Crippen molar-refractivity contribution < 1.29 is 14.3 Å². The first-order valence-corrected chi connectivity index (χ1v) is 11.1. The van der Waals surface area contributed by atoms with Crippen LogP contribution in [0.5, 0.6) is 11.5 Å². The van der Waals surface area contributed by atoms with Gasteiger partial charge < -0.3 is 14.4 Å². The molecule has 4 heterocycles. The lowest BCUT2D eigenvalue weighted by atomic mass is 10.0. The molecular formula is C21H23N5O3S. The van der Waals surface area contributed by atoms with Crippen LogP contribution in [-0.2, 0) is 4.79 Å². The van der Waals surface area contributed by atoms with Crippen molar-refractivity contribution in [2.45, 2.75) is 37.9 Å². The van der Waals surface area contributed by atoms with Crippen molar-refractivity contribution in [3.05, 3.63) is 41.2 Å². The highest BCUT2D eigenvalue weighted by Crippen LogP contribution is 2.38. The number of likely N-dealkylation sites (tertiary alicyclic amines) is 1. The van der Waals surface area contributed by atoms with Crippen LogP contribution < -0.4 is 9.47 Å². The number of thioether (sulfide) groups is 1. The van der Waals surface area contributed by atoms with Gasteiger partial charge in [-0.25, -0.2) is 9.50 Å². The summed E-state index contributed by atoms with van der Waals surface area (Å²) in [4.78, 5) is 23.8. The smallest absolute Gasteiger partial charge is 0.253 e. The summed E-state index contributed by atoms with van der Waals surface area (Å²) < 4.78 is 13.0. The van der Waals surface area contributed by atoms with Gasteiger partial charge in [0.1, 0.15) is 13.2 Å². The second kappa shape index (κ2) is 7.79. The zero-order chi connectivity index (χ0) is 20.7. The summed E-state index contributed by atoms with van der Waals surface area (Å²) in [5.41, 5.74) is 2.97. The molecular weight excluding hydrogens is 402 g/mol. The second-order valence-electron chi connectivity index (χ2n) is 7.58. The Bertz CT molecular complexity index is 1120. The number of hydrogen-bond acceptors (Lipinski definition) is 7. The predicted molar refractivity (Wildman–Crippen MR) is 112 cm³/mol. The molecule has 9 heteroatoms. The number of rotatable bonds is 4. The molecule has 3 aromatic rings. The number of nitrogens with zero attached hydrogens (tertiary/aromatic N) is 5. The molecule has 0 radical (unpaired) electrons. The number of fused-ring (bicyclic) bond motifs is 2. The van der Waals surface area contributed by atoms with Crippen LogP contribution in [0.3, 0.4) is 0 Å². The van der Waals surface area contributed by atoms with Crippen LogP contribution >= 0.6 is 11.8 Å². The average molecular weight is 426 g/mol. The van der Waals surface area contributed by atoms with E-state index in [1.165, 1.54) is 11.8 Å². The van der Waals surface area contributed by atoms with Gasteiger partial charge in [0.05, 0.1) is 11.8 Å². The third-order valence-electron chi connectivity index (χ3n) is 5.45. The molecule has 30 heavy (non-hydrogen) atoms. The third kappa shape index (κ3) is 3.58. The van der Waals surface area contributed by atoms with Crippen LogP contribution in [0, 0.1) is 13.8 Å². The summed E-state index contributed by atoms with van der Waals surface area (Å²) in [7, 11) is 0. The normalized spacial score (nSPS) is 18.2. The summed E-state index contributed by atoms with van der Waals surface area (Å²) in [6.07, 6.45) is 1.94. The summed E-state index contributed by atoms with van der Waals surface area (Å²) >= 11 is 1.36. The average Bonchev–Trinajstić information content (AvgIpc) is 3.39. The van der Waals surface area contributed by atoms with E-state index in [1.807, 2.05) is 43.0 Å². The molecule has 1 amide bonds. The van der Waals surface area contributed by atoms with Crippen LogP contribution in [0.2, 0.25) is 0 Å². The van der Waals surface area contributed by atoms with Gasteiger partial charge in [-0.2, -0.15) is 4.98 Å². The Morgan fingerprint density at radius 3 is 2.87 bits per heavy atom. The van der Waals surface area contributed by atoms with Crippen molar-refractivity contribution in [2.75, 3.05) is 25.5 Å². The molecule has 0 bridgehead atoms. The molecule has 1 fully saturated rings. The number of carbonyl (C=O) groups is 1. The lowest BCUT2D eigenvalue weighted by molar-refractivity contribution is -0.129. The molecule has 8 nitrogen and oxygen atoms in total. The predicted octanol–water partition coefficient (Wildman–Crippen LogP) is 2.97. The topological polar surface area (TPSA) is 81.9 Å². The Morgan fingerprint density at radius 2 is 2.00 bits per heavy atom. The minimum atomic E-state index is 0.0644. The van der Waals surface area contributed by atoms with Gasteiger partial charge in [0.2, 0.25) is 11.1 Å². The molecule has 1 saturated heterocycles. The van der Waals surface area contributed by atoms with Gasteiger partial charge in [0, 0.05) is 17.9 Å². The van der Waals surface area contributed by atoms with E-state index in [9.17, 15) is 4.79 Å². The van der Waals surface area contributed by atoms with Crippen molar-refractivity contribution in [1.29, 1.82) is 0 Å². The van der Waals surface area contributed by atoms with Crippen molar-refractivity contribution in [3.8, 4) is 11.5 Å². The maximum atomic E-state index is 13.0. The molecule has 156 valence electrons. The number of carbonyl (C=O) groups excluding carboxylic acids is 1. The molecule has 0 saturated carbocycles. The third-order valence-corrected chi connectivity index (χ3v) is 6.27. The van der Waals surface area contributed by atoms with Gasteiger partial charge in [-0.3, -0.25) is 4.79 Å². The zero-order valence-electron chi connectivity index (χ0n) is 17.0. The van der Waals surface area contributed by atoms with E-state index in [0.717, 1.165) is 47.8 Å².